The molecule has 1 saturated heterocycles. The summed E-state index contributed by atoms with van der Waals surface area (Å²) in [6.45, 7) is 2.70. The van der Waals surface area contributed by atoms with Crippen LogP contribution in [0.25, 0.3) is 11.4 Å². The van der Waals surface area contributed by atoms with Gasteiger partial charge in [0.2, 0.25) is 0 Å². The second-order valence-electron chi connectivity index (χ2n) is 8.05. The van der Waals surface area contributed by atoms with E-state index in [-0.39, 0.29) is 11.0 Å². The molecule has 29 heavy (non-hydrogen) atoms. The molecular weight excluding hydrogens is 386 g/mol. The van der Waals surface area contributed by atoms with E-state index in [1.165, 1.54) is 0 Å². The smallest absolute Gasteiger partial charge is 0.254 e. The summed E-state index contributed by atoms with van der Waals surface area (Å²) in [4.78, 5) is 31.4. The number of aromatic nitrogens is 4. The molecule has 148 valence electrons. The second kappa shape index (κ2) is 7.35. The zero-order valence-electron chi connectivity index (χ0n) is 16.1. The van der Waals surface area contributed by atoms with E-state index in [2.05, 4.69) is 19.9 Å². The SMILES string of the molecule is O=c1[nH]c(-c2cccnc2)nc2c1CCC21CCCN(Cc2ccncc2Cl)C1. The Labute approximate surface area is 174 Å². The minimum absolute atomic E-state index is 0.0139. The number of H-pyrrole nitrogens is 1. The predicted molar refractivity (Wildman–Crippen MR) is 112 cm³/mol. The van der Waals surface area contributed by atoms with E-state index < -0.39 is 0 Å². The fraction of sp³-hybridized carbons (Fsp3) is 0.364. The van der Waals surface area contributed by atoms with Crippen LogP contribution < -0.4 is 5.56 Å². The highest BCUT2D eigenvalue weighted by molar-refractivity contribution is 6.31. The first kappa shape index (κ1) is 18.5. The maximum absolute atomic E-state index is 12.8. The van der Waals surface area contributed by atoms with E-state index in [0.29, 0.717) is 10.8 Å². The first-order chi connectivity index (χ1) is 14.1. The van der Waals surface area contributed by atoms with Crippen molar-refractivity contribution in [2.24, 2.45) is 0 Å². The molecule has 1 fully saturated rings. The fourth-order valence-corrected chi connectivity index (χ4v) is 5.00. The molecule has 6 nitrogen and oxygen atoms in total. The zero-order valence-corrected chi connectivity index (χ0v) is 16.8. The van der Waals surface area contributed by atoms with Crippen molar-refractivity contribution in [3.8, 4) is 11.4 Å². The molecule has 0 aromatic carbocycles. The van der Waals surface area contributed by atoms with Gasteiger partial charge in [-0.05, 0) is 56.0 Å². The Kier molecular flexibility index (Phi) is 4.68. The van der Waals surface area contributed by atoms with Crippen LogP contribution in [0.5, 0.6) is 0 Å². The number of fused-ring (bicyclic) bond motifs is 2. The molecule has 1 spiro atoms. The lowest BCUT2D eigenvalue weighted by Gasteiger charge is -2.40. The van der Waals surface area contributed by atoms with E-state index in [1.54, 1.807) is 24.8 Å². The van der Waals surface area contributed by atoms with Gasteiger partial charge in [0.05, 0.1) is 10.7 Å². The van der Waals surface area contributed by atoms with E-state index in [9.17, 15) is 4.79 Å². The Bertz CT molecular complexity index is 1100. The van der Waals surface area contributed by atoms with E-state index >= 15 is 0 Å². The Hall–Kier alpha value is -2.57. The van der Waals surface area contributed by atoms with Gasteiger partial charge in [-0.3, -0.25) is 19.7 Å². The molecule has 0 saturated carbocycles. The highest BCUT2D eigenvalue weighted by Crippen LogP contribution is 2.43. The first-order valence-electron chi connectivity index (χ1n) is 9.99. The molecule has 1 unspecified atom stereocenters. The van der Waals surface area contributed by atoms with E-state index in [1.807, 2.05) is 18.2 Å². The summed E-state index contributed by atoms with van der Waals surface area (Å²) in [5.74, 6) is 0.609. The van der Waals surface area contributed by atoms with Crippen molar-refractivity contribution in [2.45, 2.75) is 37.6 Å². The monoisotopic (exact) mass is 407 g/mol. The molecule has 0 bridgehead atoms. The van der Waals surface area contributed by atoms with Crippen molar-refractivity contribution >= 4 is 11.6 Å². The molecule has 1 aliphatic carbocycles. The van der Waals surface area contributed by atoms with Gasteiger partial charge >= 0.3 is 0 Å². The van der Waals surface area contributed by atoms with Crippen molar-refractivity contribution in [3.05, 3.63) is 75.2 Å². The number of rotatable bonds is 3. The van der Waals surface area contributed by atoms with Crippen LogP contribution in [0.3, 0.4) is 0 Å². The second-order valence-corrected chi connectivity index (χ2v) is 8.45. The minimum Gasteiger partial charge on any atom is -0.306 e. The summed E-state index contributed by atoms with van der Waals surface area (Å²) in [6.07, 6.45) is 10.8. The molecular formula is C22H22ClN5O. The van der Waals surface area contributed by atoms with Gasteiger partial charge in [-0.2, -0.15) is 0 Å². The molecule has 7 heteroatoms. The lowest BCUT2D eigenvalue weighted by atomic mass is 9.77. The van der Waals surface area contributed by atoms with Crippen molar-refractivity contribution in [1.29, 1.82) is 0 Å². The summed E-state index contributed by atoms with van der Waals surface area (Å²) in [5.41, 5.74) is 3.67. The van der Waals surface area contributed by atoms with E-state index in [4.69, 9.17) is 16.6 Å². The van der Waals surface area contributed by atoms with Crippen molar-refractivity contribution in [2.75, 3.05) is 13.1 Å². The predicted octanol–water partition coefficient (Wildman–Crippen LogP) is 3.36. The fourth-order valence-electron chi connectivity index (χ4n) is 4.82. The summed E-state index contributed by atoms with van der Waals surface area (Å²) in [5, 5.41) is 0.701. The zero-order chi connectivity index (χ0) is 19.8. The molecule has 5 rings (SSSR count). The van der Waals surface area contributed by atoms with Gasteiger partial charge < -0.3 is 4.98 Å². The highest BCUT2D eigenvalue weighted by Gasteiger charge is 2.44. The van der Waals surface area contributed by atoms with Crippen molar-refractivity contribution < 1.29 is 0 Å². The van der Waals surface area contributed by atoms with Gasteiger partial charge in [0.15, 0.2) is 0 Å². The Morgan fingerprint density at radius 3 is 2.90 bits per heavy atom. The Morgan fingerprint density at radius 2 is 2.07 bits per heavy atom. The molecule has 3 aromatic rings. The number of likely N-dealkylation sites (tertiary alicyclic amines) is 1. The lowest BCUT2D eigenvalue weighted by Crippen LogP contribution is -2.45. The highest BCUT2D eigenvalue weighted by atomic mass is 35.5. The Morgan fingerprint density at radius 1 is 1.17 bits per heavy atom. The summed E-state index contributed by atoms with van der Waals surface area (Å²) >= 11 is 6.33. The third-order valence-corrected chi connectivity index (χ3v) is 6.55. The molecule has 1 N–H and O–H groups in total. The molecule has 3 aromatic heterocycles. The molecule has 1 aliphatic heterocycles. The van der Waals surface area contributed by atoms with Crippen LogP contribution in [0.2, 0.25) is 5.02 Å². The van der Waals surface area contributed by atoms with Crippen LogP contribution in [-0.4, -0.2) is 37.9 Å². The summed E-state index contributed by atoms with van der Waals surface area (Å²) < 4.78 is 0. The molecule has 4 heterocycles. The molecule has 2 aliphatic rings. The molecule has 0 amide bonds. The first-order valence-corrected chi connectivity index (χ1v) is 10.4. The Balaban J connectivity index is 1.49. The normalized spacial score (nSPS) is 21.4. The largest absolute Gasteiger partial charge is 0.306 e. The summed E-state index contributed by atoms with van der Waals surface area (Å²) in [6, 6.07) is 5.77. The number of nitrogens with zero attached hydrogens (tertiary/aromatic N) is 4. The van der Waals surface area contributed by atoms with Gasteiger partial charge in [0, 0.05) is 54.4 Å². The third kappa shape index (κ3) is 3.36. The number of nitrogens with one attached hydrogen (secondary N) is 1. The van der Waals surface area contributed by atoms with Crippen LogP contribution in [0.1, 0.15) is 36.1 Å². The number of halogens is 1. The number of piperidine rings is 1. The van der Waals surface area contributed by atoms with Crippen LogP contribution in [-0.2, 0) is 18.4 Å². The van der Waals surface area contributed by atoms with Gasteiger partial charge in [0.25, 0.3) is 5.56 Å². The minimum atomic E-state index is -0.0711. The quantitative estimate of drug-likeness (QED) is 0.720. The van der Waals surface area contributed by atoms with Crippen LogP contribution >= 0.6 is 11.6 Å². The molecule has 1 atom stereocenters. The van der Waals surface area contributed by atoms with Gasteiger partial charge in [-0.15, -0.1) is 0 Å². The van der Waals surface area contributed by atoms with Gasteiger partial charge in [-0.25, -0.2) is 4.98 Å². The van der Waals surface area contributed by atoms with E-state index in [0.717, 1.165) is 67.7 Å². The van der Waals surface area contributed by atoms with Crippen molar-refractivity contribution in [1.82, 2.24) is 24.8 Å². The van der Waals surface area contributed by atoms with Crippen LogP contribution in [0, 0.1) is 0 Å². The molecule has 0 radical (unpaired) electrons. The number of pyridine rings is 2. The maximum Gasteiger partial charge on any atom is 0.254 e. The number of hydrogen-bond acceptors (Lipinski definition) is 5. The maximum atomic E-state index is 12.8. The summed E-state index contributed by atoms with van der Waals surface area (Å²) in [7, 11) is 0. The lowest BCUT2D eigenvalue weighted by molar-refractivity contribution is 0.137. The topological polar surface area (TPSA) is 74.8 Å². The van der Waals surface area contributed by atoms with Gasteiger partial charge in [-0.1, -0.05) is 11.6 Å². The van der Waals surface area contributed by atoms with Crippen LogP contribution in [0.4, 0.5) is 0 Å². The number of aromatic amines is 1. The average Bonchev–Trinajstić information content (AvgIpc) is 3.09. The third-order valence-electron chi connectivity index (χ3n) is 6.21. The van der Waals surface area contributed by atoms with Gasteiger partial charge in [0.1, 0.15) is 5.82 Å². The standard InChI is InChI=1S/C22H22ClN5O/c23-18-12-25-9-5-16(18)13-28-10-2-6-22(14-28)7-4-17-19(22)26-20(27-21(17)29)15-3-1-8-24-11-15/h1,3,5,8-9,11-12H,2,4,6-7,10,13-14H2,(H,26,27,29). The van der Waals surface area contributed by atoms with Crippen molar-refractivity contribution in [3.63, 3.8) is 0 Å². The number of hydrogen-bond donors (Lipinski definition) is 1. The average molecular weight is 408 g/mol. The van der Waals surface area contributed by atoms with Crippen LogP contribution in [0.15, 0.2) is 47.8 Å².